The van der Waals surface area contributed by atoms with Crippen LogP contribution in [0.25, 0.3) is 22.3 Å². The molecule has 1 atom stereocenters. The highest BCUT2D eigenvalue weighted by atomic mass is 16.5. The van der Waals surface area contributed by atoms with Crippen LogP contribution in [-0.4, -0.2) is 45.3 Å². The Hall–Kier alpha value is -4.20. The predicted octanol–water partition coefficient (Wildman–Crippen LogP) is 4.95. The van der Waals surface area contributed by atoms with Crippen molar-refractivity contribution in [1.29, 1.82) is 0 Å². The lowest BCUT2D eigenvalue weighted by Crippen LogP contribution is -2.37. The number of amides is 1. The minimum Gasteiger partial charge on any atom is -0.507 e. The maximum absolute atomic E-state index is 12.3. The second-order valence-corrected chi connectivity index (χ2v) is 8.42. The number of hydrogen-bond donors (Lipinski definition) is 2. The number of aromatic hydroxyl groups is 1. The van der Waals surface area contributed by atoms with E-state index < -0.39 is 6.09 Å². The summed E-state index contributed by atoms with van der Waals surface area (Å²) in [5, 5.41) is 14.3. The molecule has 1 saturated heterocycles. The molecule has 1 aliphatic rings. The molecule has 5 rings (SSSR count). The Labute approximate surface area is 201 Å². The van der Waals surface area contributed by atoms with Gasteiger partial charge in [0.25, 0.3) is 0 Å². The van der Waals surface area contributed by atoms with Crippen LogP contribution in [0.15, 0.2) is 67.0 Å². The fourth-order valence-electron chi connectivity index (χ4n) is 4.16. The van der Waals surface area contributed by atoms with Gasteiger partial charge in [0, 0.05) is 40.7 Å². The van der Waals surface area contributed by atoms with Crippen molar-refractivity contribution in [2.75, 3.05) is 18.0 Å². The summed E-state index contributed by atoms with van der Waals surface area (Å²) in [7, 11) is 0. The van der Waals surface area contributed by atoms with Crippen LogP contribution < -0.4 is 10.2 Å². The molecular weight excluding hydrogens is 430 g/mol. The third kappa shape index (κ3) is 4.61. The average Bonchev–Trinajstić information content (AvgIpc) is 3.31. The normalized spacial score (nSPS) is 15.4. The number of carbonyl (C=O) groups is 1. The number of pyridine rings is 1. The van der Waals surface area contributed by atoms with Crippen molar-refractivity contribution in [2.45, 2.75) is 26.0 Å². The van der Waals surface area contributed by atoms with Crippen LogP contribution in [0, 0.1) is 6.92 Å². The molecule has 1 amide bonds. The third-order valence-corrected chi connectivity index (χ3v) is 5.88. The molecule has 8 heteroatoms. The Bertz CT molecular complexity index is 1340. The van der Waals surface area contributed by atoms with Gasteiger partial charge in [-0.1, -0.05) is 24.3 Å². The van der Waals surface area contributed by atoms with Crippen molar-refractivity contribution in [3.63, 3.8) is 0 Å². The molecule has 0 spiro atoms. The summed E-state index contributed by atoms with van der Waals surface area (Å²) in [6.07, 6.45) is 3.67. The second kappa shape index (κ2) is 9.35. The molecule has 0 saturated carbocycles. The minimum atomic E-state index is -0.450. The number of alkyl carbamates (subject to hydrolysis) is 1. The first kappa shape index (κ1) is 21.6. The summed E-state index contributed by atoms with van der Waals surface area (Å²) in [6.45, 7) is 3.53. The lowest BCUT2D eigenvalue weighted by atomic mass is 10.1. The highest BCUT2D eigenvalue weighted by molar-refractivity contribution is 5.92. The largest absolute Gasteiger partial charge is 0.507 e. The smallest absolute Gasteiger partial charge is 0.407 e. The van der Waals surface area contributed by atoms with E-state index in [-0.39, 0.29) is 22.7 Å². The van der Waals surface area contributed by atoms with Crippen LogP contribution in [0.2, 0.25) is 0 Å². The molecule has 3 heterocycles. The predicted molar refractivity (Wildman–Crippen MR) is 136 cm³/mol. The number of hydrogen-bond acceptors (Lipinski definition) is 7. The highest BCUT2D eigenvalue weighted by Gasteiger charge is 2.27. The first-order chi connectivity index (χ1) is 16.6. The first-order valence-electron chi connectivity index (χ1n) is 11.2. The fourth-order valence-corrected chi connectivity index (χ4v) is 4.16. The Kier molecular flexibility index (Phi) is 5.95. The van der Waals surface area contributed by atoms with Gasteiger partial charge in [0.15, 0.2) is 5.82 Å². The number of rotatable bonds is 5. The molecule has 1 aliphatic heterocycles. The summed E-state index contributed by atoms with van der Waals surface area (Å²) in [4.78, 5) is 28.1. The van der Waals surface area contributed by atoms with E-state index >= 15 is 0 Å². The van der Waals surface area contributed by atoms with Gasteiger partial charge in [-0.15, -0.1) is 0 Å². The number of ether oxygens (including phenoxy) is 1. The number of phenolic OH excluding ortho intramolecular Hbond substituents is 1. The number of anilines is 1. The third-order valence-electron chi connectivity index (χ3n) is 5.88. The Balaban J connectivity index is 0.00000160. The summed E-state index contributed by atoms with van der Waals surface area (Å²) in [6, 6.07) is 16.8. The number of fused-ring (bicyclic) bond motifs is 1. The zero-order chi connectivity index (χ0) is 23.5. The van der Waals surface area contributed by atoms with E-state index in [2.05, 4.69) is 15.2 Å². The van der Waals surface area contributed by atoms with Crippen LogP contribution in [-0.2, 0) is 11.3 Å². The molecule has 2 aromatic carbocycles. The number of para-hydroxylation sites is 1. The molecule has 0 aliphatic carbocycles. The summed E-state index contributed by atoms with van der Waals surface area (Å²) in [5.41, 5.74) is 3.33. The van der Waals surface area contributed by atoms with Gasteiger partial charge in [-0.05, 0) is 49.2 Å². The first-order valence-corrected chi connectivity index (χ1v) is 11.2. The van der Waals surface area contributed by atoms with Crippen LogP contribution in [0.1, 0.15) is 21.8 Å². The molecule has 0 radical (unpaired) electrons. The molecular formula is C26H31N5O3. The molecule has 2 aromatic heterocycles. The molecule has 178 valence electrons. The zero-order valence-electron chi connectivity index (χ0n) is 18.8. The molecule has 4 aromatic rings. The number of aryl methyl sites for hydroxylation is 1. The standard InChI is InChI=1S/C26H25N5O3.3H2/c1-17-8-9-20-22(13-17)29-24(21-6-2-3-7-23(21)32)30-25(20)31-12-10-19(15-31)28-26(33)34-16-18-5-4-11-27-14-18;;;/h2-9,11,13-14,19,32H,10,12,15-16H2,1H3,(H,28,33);3*1H/t19-;;;/m1.../s1. The number of nitrogens with zero attached hydrogens (tertiary/aromatic N) is 4. The van der Waals surface area contributed by atoms with Gasteiger partial charge in [-0.25, -0.2) is 14.8 Å². The van der Waals surface area contributed by atoms with Gasteiger partial charge in [0.05, 0.1) is 17.1 Å². The van der Waals surface area contributed by atoms with Gasteiger partial charge >= 0.3 is 6.09 Å². The molecule has 0 unspecified atom stereocenters. The molecule has 8 nitrogen and oxygen atoms in total. The van der Waals surface area contributed by atoms with E-state index in [0.717, 1.165) is 40.8 Å². The van der Waals surface area contributed by atoms with E-state index in [1.54, 1.807) is 24.5 Å². The van der Waals surface area contributed by atoms with E-state index in [4.69, 9.17) is 14.7 Å². The van der Waals surface area contributed by atoms with Gasteiger partial charge < -0.3 is 20.1 Å². The van der Waals surface area contributed by atoms with Gasteiger partial charge in [-0.2, -0.15) is 0 Å². The number of benzene rings is 2. The van der Waals surface area contributed by atoms with Gasteiger partial charge in [0.2, 0.25) is 0 Å². The van der Waals surface area contributed by atoms with E-state index in [1.807, 2.05) is 49.4 Å². The topological polar surface area (TPSA) is 100 Å². The fraction of sp³-hybridized carbons (Fsp3) is 0.231. The Morgan fingerprint density at radius 1 is 1.21 bits per heavy atom. The van der Waals surface area contributed by atoms with Crippen LogP contribution in [0.3, 0.4) is 0 Å². The lowest BCUT2D eigenvalue weighted by Gasteiger charge is -2.21. The Morgan fingerprint density at radius 2 is 2.09 bits per heavy atom. The highest BCUT2D eigenvalue weighted by Crippen LogP contribution is 2.33. The maximum atomic E-state index is 12.3. The molecule has 0 bridgehead atoms. The summed E-state index contributed by atoms with van der Waals surface area (Å²) in [5.74, 6) is 1.40. The van der Waals surface area contributed by atoms with E-state index in [9.17, 15) is 9.90 Å². The van der Waals surface area contributed by atoms with Crippen molar-refractivity contribution in [3.8, 4) is 17.1 Å². The molecule has 2 N–H and O–H groups in total. The number of nitrogens with one attached hydrogen (secondary N) is 1. The van der Waals surface area contributed by atoms with Gasteiger partial charge in [0.1, 0.15) is 18.2 Å². The lowest BCUT2D eigenvalue weighted by molar-refractivity contribution is 0.136. The van der Waals surface area contributed by atoms with Crippen LogP contribution in [0.4, 0.5) is 10.6 Å². The summed E-state index contributed by atoms with van der Waals surface area (Å²) < 4.78 is 5.34. The van der Waals surface area contributed by atoms with Crippen molar-refractivity contribution < 1.29 is 18.9 Å². The maximum Gasteiger partial charge on any atom is 0.407 e. The van der Waals surface area contributed by atoms with E-state index in [0.29, 0.717) is 17.9 Å². The number of phenols is 1. The van der Waals surface area contributed by atoms with Crippen molar-refractivity contribution in [3.05, 3.63) is 78.1 Å². The van der Waals surface area contributed by atoms with Crippen molar-refractivity contribution in [2.24, 2.45) is 0 Å². The quantitative estimate of drug-likeness (QED) is 0.434. The van der Waals surface area contributed by atoms with E-state index in [1.165, 1.54) is 0 Å². The monoisotopic (exact) mass is 461 g/mol. The van der Waals surface area contributed by atoms with Crippen LogP contribution >= 0.6 is 0 Å². The second-order valence-electron chi connectivity index (χ2n) is 8.42. The van der Waals surface area contributed by atoms with Crippen molar-refractivity contribution >= 4 is 22.8 Å². The summed E-state index contributed by atoms with van der Waals surface area (Å²) >= 11 is 0. The SMILES string of the molecule is Cc1ccc2c(N3CC[C@@H](NC(=O)OCc4cccnc4)C3)nc(-c3ccccc3O)nc2c1.[HH].[HH].[HH]. The Morgan fingerprint density at radius 3 is 2.91 bits per heavy atom. The van der Waals surface area contributed by atoms with Gasteiger partial charge in [-0.3, -0.25) is 4.98 Å². The average molecular weight is 462 g/mol. The van der Waals surface area contributed by atoms with Crippen molar-refractivity contribution in [1.82, 2.24) is 20.3 Å². The molecule has 34 heavy (non-hydrogen) atoms. The minimum absolute atomic E-state index is 0. The number of aromatic nitrogens is 3. The number of carbonyl (C=O) groups excluding carboxylic acids is 1. The van der Waals surface area contributed by atoms with Crippen LogP contribution in [0.5, 0.6) is 5.75 Å². The zero-order valence-corrected chi connectivity index (χ0v) is 18.8. The molecule has 1 fully saturated rings.